The van der Waals surface area contributed by atoms with E-state index in [9.17, 15) is 8.42 Å². The zero-order valence-electron chi connectivity index (χ0n) is 11.7. The molecule has 0 aromatic carbocycles. The van der Waals surface area contributed by atoms with Gasteiger partial charge in [0.1, 0.15) is 0 Å². The van der Waals surface area contributed by atoms with Crippen LogP contribution in [0, 0.1) is 11.3 Å². The zero-order valence-corrected chi connectivity index (χ0v) is 12.6. The fourth-order valence-corrected chi connectivity index (χ4v) is 5.06. The highest BCUT2D eigenvalue weighted by molar-refractivity contribution is 7.87. The van der Waals surface area contributed by atoms with Crippen molar-refractivity contribution in [2.75, 3.05) is 19.6 Å². The van der Waals surface area contributed by atoms with Gasteiger partial charge >= 0.3 is 0 Å². The molecule has 110 valence electrons. The van der Waals surface area contributed by atoms with Crippen molar-refractivity contribution in [3.8, 4) is 0 Å². The van der Waals surface area contributed by atoms with Gasteiger partial charge in [0, 0.05) is 19.6 Å². The molecular weight excluding hydrogens is 260 g/mol. The summed E-state index contributed by atoms with van der Waals surface area (Å²) < 4.78 is 29.4. The van der Waals surface area contributed by atoms with E-state index in [1.54, 1.807) is 4.31 Å². The van der Waals surface area contributed by atoms with E-state index >= 15 is 0 Å². The highest BCUT2D eigenvalue weighted by Gasteiger charge is 2.49. The summed E-state index contributed by atoms with van der Waals surface area (Å²) in [6.45, 7) is 2.08. The number of hydrogen-bond donors (Lipinski definition) is 1. The molecule has 3 aliphatic rings. The molecule has 0 aromatic heterocycles. The SMILES string of the molecule is O=S(=O)(NCC1(C2CC2)CCC1)N1CCCCCC1. The summed E-state index contributed by atoms with van der Waals surface area (Å²) in [5, 5.41) is 0. The molecule has 0 spiro atoms. The second-order valence-electron chi connectivity index (χ2n) is 6.63. The van der Waals surface area contributed by atoms with Gasteiger partial charge in [-0.3, -0.25) is 0 Å². The van der Waals surface area contributed by atoms with Crippen molar-refractivity contribution in [3.63, 3.8) is 0 Å². The molecule has 0 unspecified atom stereocenters. The van der Waals surface area contributed by atoms with Crippen LogP contribution in [0.25, 0.3) is 0 Å². The Bertz CT molecular complexity index is 405. The maximum atomic E-state index is 12.4. The lowest BCUT2D eigenvalue weighted by Crippen LogP contribution is -2.48. The third-order valence-corrected chi connectivity index (χ3v) is 6.86. The Hall–Kier alpha value is -0.130. The van der Waals surface area contributed by atoms with Crippen LogP contribution in [0.4, 0.5) is 0 Å². The molecule has 0 atom stereocenters. The first kappa shape index (κ1) is 13.8. The Balaban J connectivity index is 1.58. The molecule has 0 bridgehead atoms. The summed E-state index contributed by atoms with van der Waals surface area (Å²) in [6, 6.07) is 0. The van der Waals surface area contributed by atoms with E-state index in [4.69, 9.17) is 0 Å². The van der Waals surface area contributed by atoms with Crippen LogP contribution in [0.1, 0.15) is 57.8 Å². The van der Waals surface area contributed by atoms with Crippen LogP contribution in [-0.4, -0.2) is 32.4 Å². The third kappa shape index (κ3) is 2.98. The molecule has 4 nitrogen and oxygen atoms in total. The topological polar surface area (TPSA) is 49.4 Å². The lowest BCUT2D eigenvalue weighted by Gasteiger charge is -2.43. The largest absolute Gasteiger partial charge is 0.279 e. The van der Waals surface area contributed by atoms with Crippen molar-refractivity contribution in [2.45, 2.75) is 57.8 Å². The van der Waals surface area contributed by atoms with Gasteiger partial charge in [0.05, 0.1) is 0 Å². The average molecular weight is 286 g/mol. The monoisotopic (exact) mass is 286 g/mol. The minimum absolute atomic E-state index is 0.318. The van der Waals surface area contributed by atoms with Gasteiger partial charge in [-0.2, -0.15) is 12.7 Å². The third-order valence-electron chi connectivity index (χ3n) is 5.30. The van der Waals surface area contributed by atoms with Crippen molar-refractivity contribution in [2.24, 2.45) is 11.3 Å². The molecule has 1 heterocycles. The van der Waals surface area contributed by atoms with Gasteiger partial charge in [0.25, 0.3) is 10.2 Å². The van der Waals surface area contributed by atoms with Crippen molar-refractivity contribution >= 4 is 10.2 Å². The van der Waals surface area contributed by atoms with E-state index in [2.05, 4.69) is 4.72 Å². The van der Waals surface area contributed by atoms with Crippen LogP contribution in [0.15, 0.2) is 0 Å². The Labute approximate surface area is 117 Å². The second kappa shape index (κ2) is 5.34. The van der Waals surface area contributed by atoms with Gasteiger partial charge in [0.15, 0.2) is 0 Å². The highest BCUT2D eigenvalue weighted by Crippen LogP contribution is 2.56. The van der Waals surface area contributed by atoms with Gasteiger partial charge in [-0.1, -0.05) is 19.3 Å². The number of rotatable bonds is 5. The molecule has 0 aromatic rings. The minimum atomic E-state index is -3.24. The summed E-state index contributed by atoms with van der Waals surface area (Å²) >= 11 is 0. The van der Waals surface area contributed by atoms with Crippen molar-refractivity contribution in [1.29, 1.82) is 0 Å². The van der Waals surface area contributed by atoms with Gasteiger partial charge in [-0.25, -0.2) is 4.72 Å². The standard InChI is InChI=1S/C14H26N2O2S/c17-19(18,16-10-3-1-2-4-11-16)15-12-14(8-5-9-14)13-6-7-13/h13,15H,1-12H2. The van der Waals surface area contributed by atoms with Crippen LogP contribution in [-0.2, 0) is 10.2 Å². The quantitative estimate of drug-likeness (QED) is 0.843. The number of nitrogens with zero attached hydrogens (tertiary/aromatic N) is 1. The van der Waals surface area contributed by atoms with Crippen molar-refractivity contribution in [1.82, 2.24) is 9.03 Å². The molecule has 0 amide bonds. The lowest BCUT2D eigenvalue weighted by atomic mass is 9.65. The van der Waals surface area contributed by atoms with E-state index in [1.807, 2.05) is 0 Å². The molecule has 5 heteroatoms. The Kier molecular flexibility index (Phi) is 3.89. The summed E-state index contributed by atoms with van der Waals surface area (Å²) in [5.74, 6) is 0.799. The zero-order chi connectivity index (χ0) is 13.3. The van der Waals surface area contributed by atoms with Crippen molar-refractivity contribution in [3.05, 3.63) is 0 Å². The summed E-state index contributed by atoms with van der Waals surface area (Å²) in [5.41, 5.74) is 0.318. The first-order chi connectivity index (χ1) is 9.12. The van der Waals surface area contributed by atoms with Gasteiger partial charge < -0.3 is 0 Å². The predicted octanol–water partition coefficient (Wildman–Crippen LogP) is 2.28. The van der Waals surface area contributed by atoms with Gasteiger partial charge in [-0.15, -0.1) is 0 Å². The van der Waals surface area contributed by atoms with E-state index in [0.717, 1.165) is 31.6 Å². The molecule has 2 saturated carbocycles. The summed E-state index contributed by atoms with van der Waals surface area (Å²) in [7, 11) is -3.24. The van der Waals surface area contributed by atoms with E-state index in [-0.39, 0.29) is 0 Å². The normalized spacial score (nSPS) is 28.6. The summed E-state index contributed by atoms with van der Waals surface area (Å²) in [6.07, 6.45) is 10.7. The average Bonchev–Trinajstić information content (AvgIpc) is 3.14. The van der Waals surface area contributed by atoms with Crippen LogP contribution < -0.4 is 4.72 Å². The maximum Gasteiger partial charge on any atom is 0.279 e. The molecule has 3 fully saturated rings. The van der Waals surface area contributed by atoms with E-state index < -0.39 is 10.2 Å². The fourth-order valence-electron chi connectivity index (χ4n) is 3.66. The van der Waals surface area contributed by atoms with E-state index in [1.165, 1.54) is 32.1 Å². The molecule has 2 aliphatic carbocycles. The number of nitrogens with one attached hydrogen (secondary N) is 1. The molecule has 1 aliphatic heterocycles. The minimum Gasteiger partial charge on any atom is -0.202 e. The molecular formula is C14H26N2O2S. The fraction of sp³-hybridized carbons (Fsp3) is 1.00. The predicted molar refractivity (Wildman–Crippen MR) is 76.0 cm³/mol. The first-order valence-corrected chi connectivity index (χ1v) is 9.31. The Morgan fingerprint density at radius 1 is 1.00 bits per heavy atom. The van der Waals surface area contributed by atoms with Crippen LogP contribution in [0.2, 0.25) is 0 Å². The Morgan fingerprint density at radius 3 is 2.11 bits per heavy atom. The van der Waals surface area contributed by atoms with Gasteiger partial charge in [-0.05, 0) is 49.9 Å². The molecule has 3 rings (SSSR count). The Morgan fingerprint density at radius 2 is 1.63 bits per heavy atom. The smallest absolute Gasteiger partial charge is 0.202 e. The molecule has 0 radical (unpaired) electrons. The van der Waals surface area contributed by atoms with Crippen molar-refractivity contribution < 1.29 is 8.42 Å². The lowest BCUT2D eigenvalue weighted by molar-refractivity contribution is 0.106. The molecule has 1 N–H and O–H groups in total. The maximum absolute atomic E-state index is 12.4. The van der Waals surface area contributed by atoms with Crippen LogP contribution >= 0.6 is 0 Å². The highest BCUT2D eigenvalue weighted by atomic mass is 32.2. The molecule has 19 heavy (non-hydrogen) atoms. The van der Waals surface area contributed by atoms with Crippen LogP contribution in [0.3, 0.4) is 0 Å². The van der Waals surface area contributed by atoms with Crippen LogP contribution in [0.5, 0.6) is 0 Å². The second-order valence-corrected chi connectivity index (χ2v) is 8.38. The van der Waals surface area contributed by atoms with E-state index in [0.29, 0.717) is 25.0 Å². The first-order valence-electron chi connectivity index (χ1n) is 7.87. The summed E-state index contributed by atoms with van der Waals surface area (Å²) in [4.78, 5) is 0. The number of hydrogen-bond acceptors (Lipinski definition) is 2. The molecule has 1 saturated heterocycles. The van der Waals surface area contributed by atoms with Gasteiger partial charge in [0.2, 0.25) is 0 Å².